The van der Waals surface area contributed by atoms with Crippen molar-refractivity contribution in [1.29, 1.82) is 0 Å². The van der Waals surface area contributed by atoms with Crippen LogP contribution in [-0.4, -0.2) is 81.1 Å². The molecule has 0 aliphatic heterocycles. The summed E-state index contributed by atoms with van der Waals surface area (Å²) in [4.78, 5) is 24.0. The molecule has 0 unspecified atom stereocenters. The van der Waals surface area contributed by atoms with Crippen molar-refractivity contribution in [2.45, 2.75) is 134 Å². The minimum absolute atomic E-state index is 0.229. The van der Waals surface area contributed by atoms with Gasteiger partial charge in [0.2, 0.25) is 0 Å². The summed E-state index contributed by atoms with van der Waals surface area (Å²) < 4.78 is 5.14. The van der Waals surface area contributed by atoms with Crippen LogP contribution >= 0.6 is 0 Å². The van der Waals surface area contributed by atoms with Crippen molar-refractivity contribution in [2.24, 2.45) is 0 Å². The molecule has 0 aromatic rings. The number of allylic oxidation sites excluding steroid dienone is 2. The molecule has 0 radical (unpaired) electrons. The van der Waals surface area contributed by atoms with Crippen LogP contribution in [0.4, 0.5) is 0 Å². The fraction of sp³-hybridized carbons (Fsp3) is 0.852. The summed E-state index contributed by atoms with van der Waals surface area (Å²) in [5, 5.41) is 49.3. The van der Waals surface area contributed by atoms with Gasteiger partial charge in [0.15, 0.2) is 6.10 Å². The maximum Gasteiger partial charge on any atom is 0.328 e. The van der Waals surface area contributed by atoms with Crippen LogP contribution in [0.15, 0.2) is 12.2 Å². The number of hydrogen-bond acceptors (Lipinski definition) is 8. The smallest absolute Gasteiger partial charge is 0.328 e. The highest BCUT2D eigenvalue weighted by Crippen LogP contribution is 2.10. The van der Waals surface area contributed by atoms with E-state index >= 15 is 0 Å². The first-order valence-corrected chi connectivity index (χ1v) is 13.7. The minimum Gasteiger partial charge on any atom is -0.464 e. The monoisotopic (exact) mass is 517 g/mol. The molecule has 0 saturated heterocycles. The van der Waals surface area contributed by atoms with Gasteiger partial charge in [0.1, 0.15) is 24.4 Å². The normalized spacial score (nSPS) is 15.9. The number of nitrogens with one attached hydrogen (secondary N) is 1. The number of aliphatic hydroxyl groups excluding tert-OH is 5. The zero-order valence-electron chi connectivity index (χ0n) is 22.3. The molecular weight excluding hydrogens is 466 g/mol. The zero-order valence-corrected chi connectivity index (χ0v) is 22.3. The summed E-state index contributed by atoms with van der Waals surface area (Å²) in [6.45, 7) is 2.99. The van der Waals surface area contributed by atoms with Crippen molar-refractivity contribution in [3.05, 3.63) is 12.2 Å². The number of hydrogen-bond donors (Lipinski definition) is 6. The predicted molar refractivity (Wildman–Crippen MR) is 139 cm³/mol. The summed E-state index contributed by atoms with van der Waals surface area (Å²) in [5.41, 5.74) is 0. The Hall–Kier alpha value is -1.52. The molecule has 0 fully saturated rings. The quantitative estimate of drug-likeness (QED) is 0.0686. The molecule has 0 saturated carbocycles. The highest BCUT2D eigenvalue weighted by atomic mass is 16.5. The number of esters is 1. The van der Waals surface area contributed by atoms with E-state index in [-0.39, 0.29) is 6.61 Å². The van der Waals surface area contributed by atoms with E-state index < -0.39 is 48.9 Å². The largest absolute Gasteiger partial charge is 0.464 e. The Balaban J connectivity index is 3.75. The molecule has 0 heterocycles. The van der Waals surface area contributed by atoms with E-state index in [9.17, 15) is 30.0 Å². The van der Waals surface area contributed by atoms with Gasteiger partial charge in [0, 0.05) is 0 Å². The molecule has 6 N–H and O–H groups in total. The van der Waals surface area contributed by atoms with Gasteiger partial charge in [0.05, 0.1) is 13.2 Å². The van der Waals surface area contributed by atoms with Crippen molar-refractivity contribution in [1.82, 2.24) is 5.32 Å². The van der Waals surface area contributed by atoms with Gasteiger partial charge in [0.25, 0.3) is 5.91 Å². The van der Waals surface area contributed by atoms with Gasteiger partial charge in [-0.25, -0.2) is 4.79 Å². The lowest BCUT2D eigenvalue weighted by atomic mass is 10.0. The van der Waals surface area contributed by atoms with Crippen molar-refractivity contribution in [3.8, 4) is 0 Å². The fourth-order valence-electron chi connectivity index (χ4n) is 3.68. The molecule has 9 nitrogen and oxygen atoms in total. The molecule has 0 aliphatic rings. The van der Waals surface area contributed by atoms with Gasteiger partial charge in [-0.15, -0.1) is 0 Å². The summed E-state index contributed by atoms with van der Waals surface area (Å²) in [7, 11) is 0. The van der Waals surface area contributed by atoms with Crippen LogP contribution in [0, 0.1) is 0 Å². The van der Waals surface area contributed by atoms with Crippen LogP contribution in [0.5, 0.6) is 0 Å². The average molecular weight is 518 g/mol. The molecule has 0 spiro atoms. The van der Waals surface area contributed by atoms with E-state index in [0.29, 0.717) is 0 Å². The lowest BCUT2D eigenvalue weighted by Gasteiger charge is -2.25. The lowest BCUT2D eigenvalue weighted by molar-refractivity contribution is -0.154. The first kappa shape index (κ1) is 34.5. The van der Waals surface area contributed by atoms with Gasteiger partial charge in [-0.05, 0) is 39.0 Å². The van der Waals surface area contributed by atoms with Crippen LogP contribution in [0.2, 0.25) is 0 Å². The van der Waals surface area contributed by atoms with E-state index in [1.54, 1.807) is 0 Å². The van der Waals surface area contributed by atoms with Crippen LogP contribution in [0.3, 0.4) is 0 Å². The van der Waals surface area contributed by atoms with Crippen LogP contribution in [0.1, 0.15) is 104 Å². The molecule has 0 aliphatic carbocycles. The van der Waals surface area contributed by atoms with Crippen molar-refractivity contribution in [2.75, 3.05) is 13.2 Å². The second kappa shape index (κ2) is 22.7. The highest BCUT2D eigenvalue weighted by Gasteiger charge is 2.35. The Kier molecular flexibility index (Phi) is 21.7. The van der Waals surface area contributed by atoms with Crippen LogP contribution in [0.25, 0.3) is 0 Å². The van der Waals surface area contributed by atoms with E-state index in [2.05, 4.69) is 24.4 Å². The van der Waals surface area contributed by atoms with Crippen molar-refractivity contribution in [3.63, 3.8) is 0 Å². The number of carbonyl (C=O) groups excluding carboxylic acids is 2. The minimum atomic E-state index is -2.09. The Bertz CT molecular complexity index is 586. The lowest BCUT2D eigenvalue weighted by Crippen LogP contribution is -2.54. The number of carbonyl (C=O) groups is 2. The van der Waals surface area contributed by atoms with Gasteiger partial charge in [-0.1, -0.05) is 76.9 Å². The highest BCUT2D eigenvalue weighted by molar-refractivity contribution is 5.87. The molecular formula is C27H51NO8. The zero-order chi connectivity index (χ0) is 27.2. The Labute approximate surface area is 216 Å². The molecule has 0 rings (SSSR count). The van der Waals surface area contributed by atoms with E-state index in [1.165, 1.54) is 64.7 Å². The topological polar surface area (TPSA) is 157 Å². The molecule has 212 valence electrons. The molecule has 0 aromatic heterocycles. The van der Waals surface area contributed by atoms with E-state index in [0.717, 1.165) is 32.1 Å². The predicted octanol–water partition coefficient (Wildman–Crippen LogP) is 2.51. The summed E-state index contributed by atoms with van der Waals surface area (Å²) in [6, 6.07) is -1.06. The number of aliphatic hydroxyl groups is 5. The summed E-state index contributed by atoms with van der Waals surface area (Å²) in [6.07, 6.45) is 13.4. The van der Waals surface area contributed by atoms with Gasteiger partial charge in [-0.2, -0.15) is 0 Å². The first-order valence-electron chi connectivity index (χ1n) is 13.7. The second-order valence-electron chi connectivity index (χ2n) is 9.51. The average Bonchev–Trinajstić information content (AvgIpc) is 2.88. The third kappa shape index (κ3) is 17.0. The molecule has 1 amide bonds. The Morgan fingerprint density at radius 1 is 0.778 bits per heavy atom. The maximum atomic E-state index is 12.0. The standard InChI is InChI=1S/C27H51NO8/c1-3-4-5-6-7-8-9-10-11-12-13-14-15-16-17-18-19-36-27(35)21(2)28-26(34)25(33)24(32)23(31)22(30)20-29/h10-11,21-25,29-33H,3-9,12-20H2,1-2H3,(H,28,34)/b11-10-/t21-,22+,23+,24-,25+/m0/s1. The summed E-state index contributed by atoms with van der Waals surface area (Å²) in [5.74, 6) is -1.78. The Morgan fingerprint density at radius 3 is 1.81 bits per heavy atom. The molecule has 0 aromatic carbocycles. The number of ether oxygens (including phenoxy) is 1. The maximum absolute atomic E-state index is 12.0. The van der Waals surface area contributed by atoms with Crippen LogP contribution < -0.4 is 5.32 Å². The molecule has 9 heteroatoms. The third-order valence-corrected chi connectivity index (χ3v) is 6.14. The van der Waals surface area contributed by atoms with E-state index in [4.69, 9.17) is 9.84 Å². The first-order chi connectivity index (χ1) is 17.3. The number of rotatable bonds is 23. The molecule has 5 atom stereocenters. The molecule has 0 bridgehead atoms. The number of amides is 1. The van der Waals surface area contributed by atoms with Crippen molar-refractivity contribution < 1.29 is 39.9 Å². The number of unbranched alkanes of at least 4 members (excludes halogenated alkanes) is 12. The fourth-order valence-corrected chi connectivity index (χ4v) is 3.68. The summed E-state index contributed by atoms with van der Waals surface area (Å²) >= 11 is 0. The van der Waals surface area contributed by atoms with Gasteiger partial charge in [-0.3, -0.25) is 4.79 Å². The van der Waals surface area contributed by atoms with Crippen LogP contribution in [-0.2, 0) is 14.3 Å². The van der Waals surface area contributed by atoms with E-state index in [1.807, 2.05) is 0 Å². The van der Waals surface area contributed by atoms with Crippen molar-refractivity contribution >= 4 is 11.9 Å². The van der Waals surface area contributed by atoms with Gasteiger partial charge >= 0.3 is 5.97 Å². The third-order valence-electron chi connectivity index (χ3n) is 6.14. The SMILES string of the molecule is CCCCCCCC/C=C\CCCCCCCCOC(=O)[C@H](C)NC(=O)[C@H](O)[C@@H](O)[C@H](O)[C@H](O)CO. The Morgan fingerprint density at radius 2 is 1.28 bits per heavy atom. The second-order valence-corrected chi connectivity index (χ2v) is 9.51. The molecule has 36 heavy (non-hydrogen) atoms. The van der Waals surface area contributed by atoms with Gasteiger partial charge < -0.3 is 35.6 Å².